The van der Waals surface area contributed by atoms with E-state index in [4.69, 9.17) is 0 Å². The molecule has 0 fully saturated rings. The molecule has 21 heavy (non-hydrogen) atoms. The van der Waals surface area contributed by atoms with Gasteiger partial charge in [0.2, 0.25) is 0 Å². The molecular formula is C17H15NO3. The van der Waals surface area contributed by atoms with Crippen molar-refractivity contribution in [3.8, 4) is 0 Å². The Morgan fingerprint density at radius 2 is 1.76 bits per heavy atom. The van der Waals surface area contributed by atoms with Crippen LogP contribution in [0.5, 0.6) is 0 Å². The van der Waals surface area contributed by atoms with E-state index in [1.165, 1.54) is 0 Å². The molecule has 0 saturated carbocycles. The summed E-state index contributed by atoms with van der Waals surface area (Å²) in [6.07, 6.45) is 0.558. The molecule has 0 spiro atoms. The second kappa shape index (κ2) is 5.05. The van der Waals surface area contributed by atoms with E-state index in [2.05, 4.69) is 5.32 Å². The molecule has 0 aliphatic carbocycles. The maximum atomic E-state index is 12.2. The van der Waals surface area contributed by atoms with Gasteiger partial charge >= 0.3 is 5.97 Å². The van der Waals surface area contributed by atoms with Crippen molar-refractivity contribution in [3.05, 3.63) is 71.3 Å². The second-order valence-electron chi connectivity index (χ2n) is 5.34. The number of hydrogen-bond donors (Lipinski definition) is 2. The summed E-state index contributed by atoms with van der Waals surface area (Å²) >= 11 is 0. The third-order valence-corrected chi connectivity index (χ3v) is 3.87. The molecule has 1 heterocycles. The predicted molar refractivity (Wildman–Crippen MR) is 78.1 cm³/mol. The van der Waals surface area contributed by atoms with E-state index in [0.717, 1.165) is 11.1 Å². The Balaban J connectivity index is 2.00. The molecule has 1 aliphatic heterocycles. The molecular weight excluding hydrogens is 266 g/mol. The van der Waals surface area contributed by atoms with E-state index >= 15 is 0 Å². The molecule has 2 aromatic rings. The summed E-state index contributed by atoms with van der Waals surface area (Å²) in [7, 11) is 0. The highest BCUT2D eigenvalue weighted by Gasteiger charge is 2.44. The van der Waals surface area contributed by atoms with Gasteiger partial charge in [-0.1, -0.05) is 48.5 Å². The number of hydrogen-bond acceptors (Lipinski definition) is 2. The van der Waals surface area contributed by atoms with Gasteiger partial charge in [0.1, 0.15) is 5.54 Å². The van der Waals surface area contributed by atoms with Crippen LogP contribution in [0.4, 0.5) is 0 Å². The number of carbonyl (C=O) groups is 2. The van der Waals surface area contributed by atoms with Crippen molar-refractivity contribution in [1.29, 1.82) is 0 Å². The van der Waals surface area contributed by atoms with Crippen LogP contribution in [0.2, 0.25) is 0 Å². The summed E-state index contributed by atoms with van der Waals surface area (Å²) in [4.78, 5) is 24.0. The smallest absolute Gasteiger partial charge is 0.330 e. The molecule has 0 aromatic heterocycles. The monoisotopic (exact) mass is 281 g/mol. The number of benzene rings is 2. The molecule has 1 aliphatic rings. The molecule has 0 saturated heterocycles. The number of carboxylic acid groups (broad SMARTS) is 1. The third-order valence-electron chi connectivity index (χ3n) is 3.87. The number of rotatable bonds is 3. The van der Waals surface area contributed by atoms with Gasteiger partial charge in [0.15, 0.2) is 0 Å². The first-order valence-electron chi connectivity index (χ1n) is 6.78. The first-order chi connectivity index (χ1) is 10.1. The predicted octanol–water partition coefficient (Wildman–Crippen LogP) is 2.04. The fourth-order valence-electron chi connectivity index (χ4n) is 2.81. The van der Waals surface area contributed by atoms with Crippen molar-refractivity contribution in [3.63, 3.8) is 0 Å². The quantitative estimate of drug-likeness (QED) is 0.904. The minimum atomic E-state index is -1.28. The van der Waals surface area contributed by atoms with Crippen LogP contribution in [0.25, 0.3) is 0 Å². The van der Waals surface area contributed by atoms with Crippen LogP contribution in [0.1, 0.15) is 21.5 Å². The van der Waals surface area contributed by atoms with Crippen molar-refractivity contribution in [2.75, 3.05) is 0 Å². The van der Waals surface area contributed by atoms with E-state index in [1.54, 1.807) is 12.1 Å². The fourth-order valence-corrected chi connectivity index (χ4v) is 2.81. The second-order valence-corrected chi connectivity index (χ2v) is 5.34. The van der Waals surface area contributed by atoms with Crippen molar-refractivity contribution in [1.82, 2.24) is 5.32 Å². The van der Waals surface area contributed by atoms with Crippen molar-refractivity contribution >= 4 is 11.9 Å². The summed E-state index contributed by atoms with van der Waals surface area (Å²) in [5.41, 5.74) is 0.939. The average Bonchev–Trinajstić information content (AvgIpc) is 2.48. The Labute approximate surface area is 122 Å². The molecule has 1 unspecified atom stereocenters. The van der Waals surface area contributed by atoms with E-state index in [0.29, 0.717) is 12.0 Å². The Hall–Kier alpha value is -2.62. The van der Waals surface area contributed by atoms with Gasteiger partial charge in [0, 0.05) is 18.4 Å². The van der Waals surface area contributed by atoms with Crippen LogP contribution >= 0.6 is 0 Å². The lowest BCUT2D eigenvalue weighted by atomic mass is 9.80. The zero-order valence-electron chi connectivity index (χ0n) is 11.4. The largest absolute Gasteiger partial charge is 0.479 e. The summed E-state index contributed by atoms with van der Waals surface area (Å²) in [6, 6.07) is 16.5. The van der Waals surface area contributed by atoms with E-state index < -0.39 is 11.5 Å². The highest BCUT2D eigenvalue weighted by atomic mass is 16.4. The Morgan fingerprint density at radius 3 is 2.48 bits per heavy atom. The van der Waals surface area contributed by atoms with Gasteiger partial charge in [-0.3, -0.25) is 4.79 Å². The third kappa shape index (κ3) is 2.40. The van der Waals surface area contributed by atoms with Gasteiger partial charge in [-0.05, 0) is 17.2 Å². The fraction of sp³-hybridized carbons (Fsp3) is 0.176. The number of amides is 1. The SMILES string of the molecule is O=C1NC(Cc2ccccc2)(C(=O)O)Cc2ccccc21. The number of fused-ring (bicyclic) bond motifs is 1. The molecule has 0 bridgehead atoms. The van der Waals surface area contributed by atoms with Crippen LogP contribution in [0.15, 0.2) is 54.6 Å². The standard InChI is InChI=1S/C17H15NO3/c19-15-14-9-5-4-8-13(14)11-17(18-15,16(20)21)10-12-6-2-1-3-7-12/h1-9H,10-11H2,(H,18,19)(H,20,21). The Morgan fingerprint density at radius 1 is 1.10 bits per heavy atom. The highest BCUT2D eigenvalue weighted by Crippen LogP contribution is 2.27. The van der Waals surface area contributed by atoms with Crippen molar-refractivity contribution in [2.45, 2.75) is 18.4 Å². The summed E-state index contributed by atoms with van der Waals surface area (Å²) in [5, 5.41) is 12.4. The maximum absolute atomic E-state index is 12.2. The minimum Gasteiger partial charge on any atom is -0.479 e. The molecule has 1 atom stereocenters. The van der Waals surface area contributed by atoms with E-state index in [-0.39, 0.29) is 12.3 Å². The topological polar surface area (TPSA) is 66.4 Å². The summed E-state index contributed by atoms with van der Waals surface area (Å²) in [5.74, 6) is -1.33. The van der Waals surface area contributed by atoms with Gasteiger partial charge in [0.05, 0.1) is 0 Å². The van der Waals surface area contributed by atoms with Crippen molar-refractivity contribution < 1.29 is 14.7 Å². The van der Waals surface area contributed by atoms with Crippen LogP contribution in [-0.4, -0.2) is 22.5 Å². The van der Waals surface area contributed by atoms with E-state index in [9.17, 15) is 14.7 Å². The Kier molecular flexibility index (Phi) is 3.22. The molecule has 0 radical (unpaired) electrons. The molecule has 2 N–H and O–H groups in total. The zero-order chi connectivity index (χ0) is 14.9. The van der Waals surface area contributed by atoms with E-state index in [1.807, 2.05) is 42.5 Å². The first kappa shape index (κ1) is 13.4. The molecule has 4 heteroatoms. The lowest BCUT2D eigenvalue weighted by molar-refractivity contribution is -0.144. The lowest BCUT2D eigenvalue weighted by Gasteiger charge is -2.35. The normalized spacial score (nSPS) is 20.5. The number of carboxylic acids is 1. The van der Waals surface area contributed by atoms with Crippen LogP contribution in [0.3, 0.4) is 0 Å². The molecule has 4 nitrogen and oxygen atoms in total. The number of aliphatic carboxylic acids is 1. The molecule has 3 rings (SSSR count). The molecule has 106 valence electrons. The Bertz CT molecular complexity index is 696. The van der Waals surface area contributed by atoms with Gasteiger partial charge in [-0.15, -0.1) is 0 Å². The number of carbonyl (C=O) groups excluding carboxylic acids is 1. The lowest BCUT2D eigenvalue weighted by Crippen LogP contribution is -2.60. The average molecular weight is 281 g/mol. The summed E-state index contributed by atoms with van der Waals surface area (Å²) in [6.45, 7) is 0. The molecule has 1 amide bonds. The highest BCUT2D eigenvalue weighted by molar-refractivity contribution is 6.01. The van der Waals surface area contributed by atoms with Gasteiger partial charge < -0.3 is 10.4 Å². The van der Waals surface area contributed by atoms with Gasteiger partial charge in [-0.2, -0.15) is 0 Å². The minimum absolute atomic E-state index is 0.267. The van der Waals surface area contributed by atoms with Gasteiger partial charge in [0.25, 0.3) is 5.91 Å². The first-order valence-corrected chi connectivity index (χ1v) is 6.78. The zero-order valence-corrected chi connectivity index (χ0v) is 11.4. The van der Waals surface area contributed by atoms with Crippen molar-refractivity contribution in [2.24, 2.45) is 0 Å². The summed E-state index contributed by atoms with van der Waals surface area (Å²) < 4.78 is 0. The molecule has 2 aromatic carbocycles. The van der Waals surface area contributed by atoms with Crippen LogP contribution in [0, 0.1) is 0 Å². The van der Waals surface area contributed by atoms with Crippen LogP contribution in [-0.2, 0) is 17.6 Å². The maximum Gasteiger partial charge on any atom is 0.330 e. The number of nitrogens with one attached hydrogen (secondary N) is 1. The van der Waals surface area contributed by atoms with Crippen LogP contribution < -0.4 is 5.32 Å². The van der Waals surface area contributed by atoms with Gasteiger partial charge in [-0.25, -0.2) is 4.79 Å².